The van der Waals surface area contributed by atoms with E-state index >= 15 is 0 Å². The number of benzene rings is 1. The van der Waals surface area contributed by atoms with Crippen molar-refractivity contribution >= 4 is 11.7 Å². The van der Waals surface area contributed by atoms with Gasteiger partial charge in [0.1, 0.15) is 0 Å². The summed E-state index contributed by atoms with van der Waals surface area (Å²) in [6.07, 6.45) is -3.01. The largest absolute Gasteiger partial charge is 0.417 e. The second kappa shape index (κ2) is 8.72. The summed E-state index contributed by atoms with van der Waals surface area (Å²) in [4.78, 5) is 16.1. The number of nitrogens with one attached hydrogen (secondary N) is 1. The molecule has 6 nitrogen and oxygen atoms in total. The summed E-state index contributed by atoms with van der Waals surface area (Å²) in [7, 11) is 1.62. The van der Waals surface area contributed by atoms with Crippen molar-refractivity contribution in [3.63, 3.8) is 0 Å². The lowest BCUT2D eigenvalue weighted by Crippen LogP contribution is -2.53. The highest BCUT2D eigenvalue weighted by atomic mass is 19.4. The van der Waals surface area contributed by atoms with Crippen molar-refractivity contribution in [2.45, 2.75) is 25.9 Å². The van der Waals surface area contributed by atoms with Gasteiger partial charge in [0, 0.05) is 56.9 Å². The average Bonchev–Trinajstić information content (AvgIpc) is 3.09. The lowest BCUT2D eigenvalue weighted by Gasteiger charge is -2.42. The lowest BCUT2D eigenvalue weighted by atomic mass is 9.73. The Morgan fingerprint density at radius 3 is 2.80 bits per heavy atom. The normalized spacial score (nSPS) is 23.8. The minimum atomic E-state index is -4.59. The Kier molecular flexibility index (Phi) is 6.46. The van der Waals surface area contributed by atoms with Crippen molar-refractivity contribution in [2.75, 3.05) is 51.3 Å². The molecule has 0 bridgehead atoms. The first kappa shape index (κ1) is 22.2. The Labute approximate surface area is 174 Å². The number of amides is 2. The highest BCUT2D eigenvalue weighted by molar-refractivity contribution is 5.74. The molecular formula is C21H27F3N4O2. The summed E-state index contributed by atoms with van der Waals surface area (Å²) in [6, 6.07) is 5.38. The van der Waals surface area contributed by atoms with Gasteiger partial charge in [0.2, 0.25) is 0 Å². The molecule has 2 amide bonds. The molecule has 0 saturated carbocycles. The van der Waals surface area contributed by atoms with E-state index in [2.05, 4.69) is 5.32 Å². The van der Waals surface area contributed by atoms with Crippen molar-refractivity contribution in [2.24, 2.45) is 11.3 Å². The molecule has 2 saturated heterocycles. The molecule has 0 aliphatic carbocycles. The van der Waals surface area contributed by atoms with Gasteiger partial charge in [-0.25, -0.2) is 4.79 Å². The molecule has 0 aromatic heterocycles. The first-order valence-electron chi connectivity index (χ1n) is 10.1. The Balaban J connectivity index is 1.83. The smallest absolute Gasteiger partial charge is 0.384 e. The predicted molar refractivity (Wildman–Crippen MR) is 106 cm³/mol. The number of rotatable bonds is 5. The number of carbonyl (C=O) groups excluding carboxylic acids is 1. The van der Waals surface area contributed by atoms with Gasteiger partial charge in [0.25, 0.3) is 0 Å². The summed E-state index contributed by atoms with van der Waals surface area (Å²) in [5.41, 5.74) is -1.08. The molecule has 9 heteroatoms. The van der Waals surface area contributed by atoms with Gasteiger partial charge in [-0.05, 0) is 31.0 Å². The lowest BCUT2D eigenvalue weighted by molar-refractivity contribution is -0.137. The summed E-state index contributed by atoms with van der Waals surface area (Å²) >= 11 is 0. The maximum Gasteiger partial charge on any atom is 0.417 e. The van der Waals surface area contributed by atoms with Crippen LogP contribution in [-0.2, 0) is 10.9 Å². The van der Waals surface area contributed by atoms with Gasteiger partial charge >= 0.3 is 12.2 Å². The van der Waals surface area contributed by atoms with Crippen LogP contribution in [0.3, 0.4) is 0 Å². The second-order valence-electron chi connectivity index (χ2n) is 8.14. The van der Waals surface area contributed by atoms with Gasteiger partial charge in [-0.1, -0.05) is 6.92 Å². The number of nitrogens with zero attached hydrogens (tertiary/aromatic N) is 3. The zero-order valence-corrected chi connectivity index (χ0v) is 17.3. The third kappa shape index (κ3) is 4.33. The zero-order valence-electron chi connectivity index (χ0n) is 17.3. The van der Waals surface area contributed by atoms with Crippen molar-refractivity contribution in [1.82, 2.24) is 10.2 Å². The van der Waals surface area contributed by atoms with Crippen LogP contribution in [0.25, 0.3) is 0 Å². The number of anilines is 1. The number of hydrogen-bond donors (Lipinski definition) is 1. The van der Waals surface area contributed by atoms with Gasteiger partial charge < -0.3 is 19.9 Å². The Bertz CT molecular complexity index is 823. The molecule has 1 aromatic carbocycles. The number of halogens is 3. The van der Waals surface area contributed by atoms with E-state index in [1.165, 1.54) is 6.07 Å². The molecule has 164 valence electrons. The standard InChI is InChI=1S/C21H27F3N4O2/c1-3-7-26-19(29)27-8-6-20(14-30-2)13-28(12-16(20)11-27)17-5-4-15(10-25)18(9-17)21(22,23)24/h4-5,9,16H,3,6-8,11-14H2,1-2H3,(H,26,29). The molecule has 2 atom stereocenters. The highest BCUT2D eigenvalue weighted by Crippen LogP contribution is 2.45. The van der Waals surface area contributed by atoms with Gasteiger partial charge in [0.15, 0.2) is 0 Å². The fourth-order valence-electron chi connectivity index (χ4n) is 4.59. The van der Waals surface area contributed by atoms with Crippen LogP contribution in [0, 0.1) is 22.7 Å². The van der Waals surface area contributed by atoms with Gasteiger partial charge in [-0.3, -0.25) is 0 Å². The third-order valence-corrected chi connectivity index (χ3v) is 6.17. The topological polar surface area (TPSA) is 68.6 Å². The summed E-state index contributed by atoms with van der Waals surface area (Å²) < 4.78 is 45.7. The SMILES string of the molecule is CCCNC(=O)N1CCC2(COC)CN(c3ccc(C#N)c(C(F)(F)F)c3)CC2C1. The summed E-state index contributed by atoms with van der Waals surface area (Å²) in [5, 5.41) is 11.9. The Hall–Kier alpha value is -2.47. The van der Waals surface area contributed by atoms with Crippen LogP contribution in [0.15, 0.2) is 18.2 Å². The van der Waals surface area contributed by atoms with E-state index in [-0.39, 0.29) is 22.9 Å². The zero-order chi connectivity index (χ0) is 21.9. The monoisotopic (exact) mass is 424 g/mol. The number of ether oxygens (including phenoxy) is 1. The Morgan fingerprint density at radius 2 is 2.17 bits per heavy atom. The molecule has 2 aliphatic heterocycles. The van der Waals surface area contributed by atoms with Crippen molar-refractivity contribution < 1.29 is 22.7 Å². The van der Waals surface area contributed by atoms with E-state index in [0.29, 0.717) is 45.0 Å². The molecule has 0 spiro atoms. The maximum atomic E-state index is 13.4. The van der Waals surface area contributed by atoms with Gasteiger partial charge in [-0.2, -0.15) is 18.4 Å². The number of likely N-dealkylation sites (tertiary alicyclic amines) is 1. The Morgan fingerprint density at radius 1 is 1.40 bits per heavy atom. The predicted octanol–water partition coefficient (Wildman–Crippen LogP) is 3.47. The highest BCUT2D eigenvalue weighted by Gasteiger charge is 2.50. The molecule has 2 unspecified atom stereocenters. The number of nitriles is 1. The van der Waals surface area contributed by atoms with E-state index in [0.717, 1.165) is 18.9 Å². The first-order chi connectivity index (χ1) is 14.2. The number of alkyl halides is 3. The molecule has 30 heavy (non-hydrogen) atoms. The van der Waals surface area contributed by atoms with Crippen LogP contribution in [0.1, 0.15) is 30.9 Å². The van der Waals surface area contributed by atoms with E-state index in [1.807, 2.05) is 11.8 Å². The quantitative estimate of drug-likeness (QED) is 0.786. The number of methoxy groups -OCH3 is 1. The van der Waals surface area contributed by atoms with Crippen LogP contribution in [0.5, 0.6) is 0 Å². The average molecular weight is 424 g/mol. The molecule has 2 aliphatic rings. The molecular weight excluding hydrogens is 397 g/mol. The number of fused-ring (bicyclic) bond motifs is 1. The summed E-state index contributed by atoms with van der Waals surface area (Å²) in [5.74, 6) is 0.0866. The van der Waals surface area contributed by atoms with E-state index < -0.39 is 11.7 Å². The van der Waals surface area contributed by atoms with Gasteiger partial charge in [-0.15, -0.1) is 0 Å². The van der Waals surface area contributed by atoms with Crippen molar-refractivity contribution in [3.8, 4) is 6.07 Å². The number of carbonyl (C=O) groups is 1. The third-order valence-electron chi connectivity index (χ3n) is 6.17. The van der Waals surface area contributed by atoms with Crippen LogP contribution in [0.2, 0.25) is 0 Å². The number of piperidine rings is 1. The minimum Gasteiger partial charge on any atom is -0.384 e. The minimum absolute atomic E-state index is 0.0866. The summed E-state index contributed by atoms with van der Waals surface area (Å²) in [6.45, 7) is 5.30. The molecule has 3 rings (SSSR count). The van der Waals surface area contributed by atoms with Crippen molar-refractivity contribution in [3.05, 3.63) is 29.3 Å². The molecule has 1 aromatic rings. The second-order valence-corrected chi connectivity index (χ2v) is 8.14. The molecule has 2 heterocycles. The fourth-order valence-corrected chi connectivity index (χ4v) is 4.59. The maximum absolute atomic E-state index is 13.4. The van der Waals surface area contributed by atoms with Crippen LogP contribution < -0.4 is 10.2 Å². The van der Waals surface area contributed by atoms with Gasteiger partial charge in [0.05, 0.1) is 23.8 Å². The molecule has 2 fully saturated rings. The van der Waals surface area contributed by atoms with Crippen LogP contribution in [0.4, 0.5) is 23.7 Å². The molecule has 0 radical (unpaired) electrons. The number of urea groups is 1. The number of hydrogen-bond acceptors (Lipinski definition) is 4. The van der Waals surface area contributed by atoms with E-state index in [1.54, 1.807) is 24.1 Å². The van der Waals surface area contributed by atoms with Crippen molar-refractivity contribution in [1.29, 1.82) is 5.26 Å². The molecule has 1 N–H and O–H groups in total. The van der Waals surface area contributed by atoms with Crippen LogP contribution in [-0.4, -0.2) is 57.4 Å². The van der Waals surface area contributed by atoms with E-state index in [9.17, 15) is 18.0 Å². The van der Waals surface area contributed by atoms with Crippen LogP contribution >= 0.6 is 0 Å². The van der Waals surface area contributed by atoms with E-state index in [4.69, 9.17) is 10.00 Å². The fraction of sp³-hybridized carbons (Fsp3) is 0.619. The first-order valence-corrected chi connectivity index (χ1v) is 10.1.